The Balaban J connectivity index is 1.50. The number of nitrogens with zero attached hydrogens (tertiary/aromatic N) is 2. The van der Waals surface area contributed by atoms with Crippen molar-refractivity contribution in [2.75, 3.05) is 31.9 Å². The van der Waals surface area contributed by atoms with Gasteiger partial charge in [0.2, 0.25) is 10.0 Å². The number of nitrogens with two attached hydrogens (primary N) is 1. The van der Waals surface area contributed by atoms with Gasteiger partial charge in [-0.15, -0.1) is 0 Å². The van der Waals surface area contributed by atoms with Crippen LogP contribution in [0.1, 0.15) is 37.7 Å². The van der Waals surface area contributed by atoms with Crippen molar-refractivity contribution in [2.24, 2.45) is 0 Å². The third kappa shape index (κ3) is 4.34. The van der Waals surface area contributed by atoms with E-state index < -0.39 is 10.0 Å². The zero-order chi connectivity index (χ0) is 20.3. The van der Waals surface area contributed by atoms with Crippen LogP contribution in [-0.2, 0) is 16.4 Å². The zero-order valence-corrected chi connectivity index (χ0v) is 17.8. The van der Waals surface area contributed by atoms with Crippen LogP contribution in [0, 0.1) is 0 Å². The molecule has 5 nitrogen and oxygen atoms in total. The standard InChI is InChI=1S/C23H31N3O2S/c24-21-9-7-8-20(18-21)19-23(12-5-2-6-13-23)25-14-16-26(17-15-25)29(27,28)22-10-3-1-4-11-22/h1,3-4,7-11,18H,2,5-6,12-17,19,24H2. The summed E-state index contributed by atoms with van der Waals surface area (Å²) in [5, 5.41) is 0. The molecule has 0 aromatic heterocycles. The Hall–Kier alpha value is -1.89. The summed E-state index contributed by atoms with van der Waals surface area (Å²) in [5.74, 6) is 0. The molecule has 0 atom stereocenters. The molecule has 2 aromatic rings. The molecule has 2 fully saturated rings. The predicted octanol–water partition coefficient (Wildman–Crippen LogP) is 3.52. The van der Waals surface area contributed by atoms with Crippen LogP contribution < -0.4 is 5.73 Å². The Kier molecular flexibility index (Phi) is 5.95. The maximum absolute atomic E-state index is 13.0. The highest BCUT2D eigenvalue weighted by Crippen LogP contribution is 2.38. The van der Waals surface area contributed by atoms with Crippen LogP contribution in [0.25, 0.3) is 0 Å². The number of nitrogen functional groups attached to an aromatic ring is 1. The van der Waals surface area contributed by atoms with Crippen LogP contribution in [0.3, 0.4) is 0 Å². The summed E-state index contributed by atoms with van der Waals surface area (Å²) in [5.41, 5.74) is 8.24. The second kappa shape index (κ2) is 8.46. The minimum absolute atomic E-state index is 0.120. The third-order valence-electron chi connectivity index (χ3n) is 6.56. The first-order chi connectivity index (χ1) is 14.0. The van der Waals surface area contributed by atoms with E-state index in [9.17, 15) is 8.42 Å². The van der Waals surface area contributed by atoms with E-state index >= 15 is 0 Å². The van der Waals surface area contributed by atoms with Crippen molar-refractivity contribution in [3.63, 3.8) is 0 Å². The Bertz CT molecular complexity index is 916. The van der Waals surface area contributed by atoms with Gasteiger partial charge in [-0.2, -0.15) is 4.31 Å². The number of hydrogen-bond donors (Lipinski definition) is 1. The highest BCUT2D eigenvalue weighted by molar-refractivity contribution is 7.89. The van der Waals surface area contributed by atoms with Gasteiger partial charge in [0.15, 0.2) is 0 Å². The fraction of sp³-hybridized carbons (Fsp3) is 0.478. The lowest BCUT2D eigenvalue weighted by Gasteiger charge is -2.50. The van der Waals surface area contributed by atoms with Gasteiger partial charge in [0, 0.05) is 37.4 Å². The van der Waals surface area contributed by atoms with Gasteiger partial charge in [0.1, 0.15) is 0 Å². The van der Waals surface area contributed by atoms with E-state index in [1.165, 1.54) is 37.7 Å². The Labute approximate surface area is 174 Å². The average molecular weight is 414 g/mol. The first-order valence-corrected chi connectivity index (χ1v) is 12.1. The van der Waals surface area contributed by atoms with Crippen molar-refractivity contribution < 1.29 is 8.42 Å². The first-order valence-electron chi connectivity index (χ1n) is 10.6. The highest BCUT2D eigenvalue weighted by atomic mass is 32.2. The third-order valence-corrected chi connectivity index (χ3v) is 8.47. The van der Waals surface area contributed by atoms with Gasteiger partial charge in [0.25, 0.3) is 0 Å². The molecule has 2 aliphatic rings. The molecule has 4 rings (SSSR count). The van der Waals surface area contributed by atoms with Gasteiger partial charge in [-0.25, -0.2) is 8.42 Å². The second-order valence-electron chi connectivity index (χ2n) is 8.41. The van der Waals surface area contributed by atoms with E-state index in [0.29, 0.717) is 18.0 Å². The molecule has 1 heterocycles. The molecule has 2 N–H and O–H groups in total. The van der Waals surface area contributed by atoms with Crippen molar-refractivity contribution in [3.05, 3.63) is 60.2 Å². The van der Waals surface area contributed by atoms with E-state index in [2.05, 4.69) is 17.0 Å². The SMILES string of the molecule is Nc1cccc(CC2(N3CCN(S(=O)(=O)c4ccccc4)CC3)CCCCC2)c1. The van der Waals surface area contributed by atoms with Gasteiger partial charge in [-0.1, -0.05) is 49.6 Å². The number of anilines is 1. The molecule has 1 aliphatic heterocycles. The lowest BCUT2D eigenvalue weighted by Crippen LogP contribution is -2.59. The van der Waals surface area contributed by atoms with E-state index in [1.54, 1.807) is 28.6 Å². The van der Waals surface area contributed by atoms with Crippen LogP contribution in [-0.4, -0.2) is 49.3 Å². The quantitative estimate of drug-likeness (QED) is 0.762. The van der Waals surface area contributed by atoms with E-state index in [1.807, 2.05) is 18.2 Å². The van der Waals surface area contributed by atoms with Crippen LogP contribution in [0.15, 0.2) is 59.5 Å². The molecule has 156 valence electrons. The minimum Gasteiger partial charge on any atom is -0.399 e. The number of benzene rings is 2. The summed E-state index contributed by atoms with van der Waals surface area (Å²) >= 11 is 0. The molecule has 2 aromatic carbocycles. The fourth-order valence-electron chi connectivity index (χ4n) is 5.04. The van der Waals surface area contributed by atoms with Crippen LogP contribution in [0.2, 0.25) is 0 Å². The van der Waals surface area contributed by atoms with Gasteiger partial charge in [-0.3, -0.25) is 4.90 Å². The number of hydrogen-bond acceptors (Lipinski definition) is 4. The van der Waals surface area contributed by atoms with Crippen molar-refractivity contribution in [1.29, 1.82) is 0 Å². The van der Waals surface area contributed by atoms with E-state index in [0.717, 1.165) is 25.2 Å². The Morgan fingerprint density at radius 1 is 0.862 bits per heavy atom. The molecule has 29 heavy (non-hydrogen) atoms. The minimum atomic E-state index is -3.41. The Morgan fingerprint density at radius 2 is 1.55 bits per heavy atom. The lowest BCUT2D eigenvalue weighted by atomic mass is 9.75. The number of piperazine rings is 1. The summed E-state index contributed by atoms with van der Waals surface area (Å²) in [4.78, 5) is 2.95. The lowest BCUT2D eigenvalue weighted by molar-refractivity contribution is 0.0242. The molecule has 0 bridgehead atoms. The molecule has 6 heteroatoms. The van der Waals surface area contributed by atoms with Crippen molar-refractivity contribution in [1.82, 2.24) is 9.21 Å². The molecule has 0 radical (unpaired) electrons. The Morgan fingerprint density at radius 3 is 2.21 bits per heavy atom. The van der Waals surface area contributed by atoms with Gasteiger partial charge in [-0.05, 0) is 49.1 Å². The molecular formula is C23H31N3O2S. The van der Waals surface area contributed by atoms with Crippen LogP contribution in [0.4, 0.5) is 5.69 Å². The number of sulfonamides is 1. The van der Waals surface area contributed by atoms with E-state index in [4.69, 9.17) is 5.73 Å². The van der Waals surface area contributed by atoms with Crippen LogP contribution in [0.5, 0.6) is 0 Å². The highest BCUT2D eigenvalue weighted by Gasteiger charge is 2.41. The fourth-order valence-corrected chi connectivity index (χ4v) is 6.49. The van der Waals surface area contributed by atoms with Crippen molar-refractivity contribution in [3.8, 4) is 0 Å². The van der Waals surface area contributed by atoms with Gasteiger partial charge >= 0.3 is 0 Å². The smallest absolute Gasteiger partial charge is 0.243 e. The van der Waals surface area contributed by atoms with Gasteiger partial charge in [0.05, 0.1) is 4.90 Å². The normalized spacial score (nSPS) is 21.1. The monoisotopic (exact) mass is 413 g/mol. The van der Waals surface area contributed by atoms with Crippen molar-refractivity contribution >= 4 is 15.7 Å². The van der Waals surface area contributed by atoms with Crippen molar-refractivity contribution in [2.45, 2.75) is 49.0 Å². The topological polar surface area (TPSA) is 66.6 Å². The largest absolute Gasteiger partial charge is 0.399 e. The summed E-state index contributed by atoms with van der Waals surface area (Å²) in [6, 6.07) is 17.0. The molecule has 1 saturated carbocycles. The zero-order valence-electron chi connectivity index (χ0n) is 17.0. The first kappa shape index (κ1) is 20.4. The maximum atomic E-state index is 13.0. The summed E-state index contributed by atoms with van der Waals surface area (Å²) in [6.45, 7) is 2.68. The molecule has 1 saturated heterocycles. The van der Waals surface area contributed by atoms with Crippen LogP contribution >= 0.6 is 0 Å². The summed E-state index contributed by atoms with van der Waals surface area (Å²) in [6.07, 6.45) is 7.11. The average Bonchev–Trinajstić information content (AvgIpc) is 2.75. The van der Waals surface area contributed by atoms with E-state index in [-0.39, 0.29) is 5.54 Å². The molecule has 0 amide bonds. The predicted molar refractivity (Wildman–Crippen MR) is 117 cm³/mol. The molecule has 0 unspecified atom stereocenters. The molecular weight excluding hydrogens is 382 g/mol. The molecule has 1 aliphatic carbocycles. The second-order valence-corrected chi connectivity index (χ2v) is 10.3. The summed E-state index contributed by atoms with van der Waals surface area (Å²) in [7, 11) is -3.41. The molecule has 0 spiro atoms. The maximum Gasteiger partial charge on any atom is 0.243 e. The van der Waals surface area contributed by atoms with Gasteiger partial charge < -0.3 is 5.73 Å². The summed E-state index contributed by atoms with van der Waals surface area (Å²) < 4.78 is 27.6. The number of rotatable bonds is 5.